The summed E-state index contributed by atoms with van der Waals surface area (Å²) >= 11 is 0. The summed E-state index contributed by atoms with van der Waals surface area (Å²) in [6.07, 6.45) is 7.23. The Bertz CT molecular complexity index is 753. The van der Waals surface area contributed by atoms with Gasteiger partial charge in [-0.15, -0.1) is 0 Å². The molecule has 27 heavy (non-hydrogen) atoms. The molecule has 0 radical (unpaired) electrons. The van der Waals surface area contributed by atoms with Crippen molar-refractivity contribution in [3.8, 4) is 5.75 Å². The Morgan fingerprint density at radius 3 is 2.81 bits per heavy atom. The van der Waals surface area contributed by atoms with E-state index in [1.807, 2.05) is 42.4 Å². The van der Waals surface area contributed by atoms with Gasteiger partial charge in [-0.25, -0.2) is 10.9 Å². The van der Waals surface area contributed by atoms with Crippen molar-refractivity contribution in [2.24, 2.45) is 0 Å². The number of nitrogens with zero attached hydrogens (tertiary/aromatic N) is 2. The van der Waals surface area contributed by atoms with E-state index in [0.29, 0.717) is 6.42 Å². The highest BCUT2D eigenvalue weighted by Crippen LogP contribution is 2.31. The van der Waals surface area contributed by atoms with Crippen LogP contribution in [0.5, 0.6) is 5.75 Å². The van der Waals surface area contributed by atoms with E-state index in [1.165, 1.54) is 0 Å². The summed E-state index contributed by atoms with van der Waals surface area (Å²) in [5.74, 6) is 0.291. The van der Waals surface area contributed by atoms with E-state index in [1.54, 1.807) is 18.3 Å². The molecule has 1 aromatic heterocycles. The van der Waals surface area contributed by atoms with Crippen LogP contribution in [0.2, 0.25) is 0 Å². The minimum atomic E-state index is -0.333. The molecule has 3 N–H and O–H groups in total. The first-order valence-corrected chi connectivity index (χ1v) is 9.57. The van der Waals surface area contributed by atoms with Gasteiger partial charge in [0.05, 0.1) is 12.1 Å². The largest absolute Gasteiger partial charge is 0.508 e. The Morgan fingerprint density at radius 1 is 1.30 bits per heavy atom. The number of aromatic hydroxyl groups is 1. The number of phenolic OH excluding ortho intramolecular Hbond substituents is 1. The van der Waals surface area contributed by atoms with E-state index >= 15 is 0 Å². The summed E-state index contributed by atoms with van der Waals surface area (Å²) in [7, 11) is 1.87. The zero-order chi connectivity index (χ0) is 19.2. The second kappa shape index (κ2) is 8.97. The number of rotatable bonds is 7. The van der Waals surface area contributed by atoms with Gasteiger partial charge in [-0.05, 0) is 30.5 Å². The lowest BCUT2D eigenvalue weighted by Gasteiger charge is -2.30. The number of phenols is 1. The normalized spacial score (nSPS) is 20.4. The molecule has 3 unspecified atom stereocenters. The molecule has 1 fully saturated rings. The molecule has 1 aliphatic rings. The van der Waals surface area contributed by atoms with E-state index in [2.05, 4.69) is 22.8 Å². The molecule has 3 atom stereocenters. The van der Waals surface area contributed by atoms with Crippen molar-refractivity contribution in [2.45, 2.75) is 50.7 Å². The second-order valence-corrected chi connectivity index (χ2v) is 7.08. The third kappa shape index (κ3) is 4.46. The number of nitrogens with one attached hydrogen (secondary N) is 2. The molecule has 2 aromatic rings. The Kier molecular flexibility index (Phi) is 6.42. The molecule has 0 spiro atoms. The van der Waals surface area contributed by atoms with E-state index < -0.39 is 0 Å². The van der Waals surface area contributed by atoms with Crippen LogP contribution in [0.25, 0.3) is 0 Å². The maximum atomic E-state index is 13.1. The number of pyridine rings is 1. The SMILES string of the molecule is CCCCC(c1cccnc1)N(C)C(=O)C1CC(c2ccccc2O)NN1. The zero-order valence-corrected chi connectivity index (χ0v) is 15.9. The van der Waals surface area contributed by atoms with Crippen LogP contribution in [0.4, 0.5) is 0 Å². The van der Waals surface area contributed by atoms with Gasteiger partial charge < -0.3 is 10.0 Å². The maximum absolute atomic E-state index is 13.1. The first-order valence-electron chi connectivity index (χ1n) is 9.57. The molecule has 1 aliphatic heterocycles. The Balaban J connectivity index is 1.71. The Morgan fingerprint density at radius 2 is 2.11 bits per heavy atom. The van der Waals surface area contributed by atoms with E-state index in [0.717, 1.165) is 30.4 Å². The van der Waals surface area contributed by atoms with Crippen LogP contribution in [-0.2, 0) is 4.79 Å². The van der Waals surface area contributed by atoms with Crippen molar-refractivity contribution < 1.29 is 9.90 Å². The Hall–Kier alpha value is -2.44. The third-order valence-electron chi connectivity index (χ3n) is 5.23. The molecule has 3 rings (SSSR count). The van der Waals surface area contributed by atoms with Crippen LogP contribution >= 0.6 is 0 Å². The molecule has 1 amide bonds. The number of unbranched alkanes of at least 4 members (excludes halogenated alkanes) is 1. The monoisotopic (exact) mass is 368 g/mol. The fourth-order valence-electron chi connectivity index (χ4n) is 3.66. The topological polar surface area (TPSA) is 77.5 Å². The summed E-state index contributed by atoms with van der Waals surface area (Å²) in [5, 5.41) is 10.1. The zero-order valence-electron chi connectivity index (χ0n) is 15.9. The summed E-state index contributed by atoms with van der Waals surface area (Å²) in [6, 6.07) is 10.8. The number of hydrogen-bond donors (Lipinski definition) is 3. The van der Waals surface area contributed by atoms with Crippen molar-refractivity contribution >= 4 is 5.91 Å². The fraction of sp³-hybridized carbons (Fsp3) is 0.429. The molecule has 0 bridgehead atoms. The van der Waals surface area contributed by atoms with E-state index in [-0.39, 0.29) is 29.8 Å². The molecule has 6 nitrogen and oxygen atoms in total. The molecule has 0 saturated carbocycles. The van der Waals surface area contributed by atoms with Gasteiger partial charge >= 0.3 is 0 Å². The number of aromatic nitrogens is 1. The summed E-state index contributed by atoms with van der Waals surface area (Å²) in [5.41, 5.74) is 8.12. The van der Waals surface area contributed by atoms with Gasteiger partial charge in [-0.2, -0.15) is 0 Å². The van der Waals surface area contributed by atoms with Crippen LogP contribution in [0.3, 0.4) is 0 Å². The Labute approximate surface area is 160 Å². The number of amides is 1. The van der Waals surface area contributed by atoms with Crippen LogP contribution in [0.15, 0.2) is 48.8 Å². The first kappa shape index (κ1) is 19.3. The summed E-state index contributed by atoms with van der Waals surface area (Å²) < 4.78 is 0. The predicted molar refractivity (Wildman–Crippen MR) is 105 cm³/mol. The highest BCUT2D eigenvalue weighted by molar-refractivity contribution is 5.82. The third-order valence-corrected chi connectivity index (χ3v) is 5.23. The number of hydrazine groups is 1. The van der Waals surface area contributed by atoms with Gasteiger partial charge in [-0.1, -0.05) is 44.0 Å². The molecule has 6 heteroatoms. The average molecular weight is 368 g/mol. The van der Waals surface area contributed by atoms with Crippen molar-refractivity contribution in [3.63, 3.8) is 0 Å². The number of carbonyl (C=O) groups is 1. The number of hydrogen-bond acceptors (Lipinski definition) is 5. The van der Waals surface area contributed by atoms with E-state index in [9.17, 15) is 9.90 Å². The lowest BCUT2D eigenvalue weighted by molar-refractivity contribution is -0.134. The minimum Gasteiger partial charge on any atom is -0.508 e. The van der Waals surface area contributed by atoms with Gasteiger partial charge in [0.1, 0.15) is 11.8 Å². The van der Waals surface area contributed by atoms with Crippen molar-refractivity contribution in [2.75, 3.05) is 7.05 Å². The van der Waals surface area contributed by atoms with Gasteiger partial charge in [-0.3, -0.25) is 9.78 Å². The van der Waals surface area contributed by atoms with Crippen LogP contribution < -0.4 is 10.9 Å². The molecule has 1 saturated heterocycles. The molecular weight excluding hydrogens is 340 g/mol. The van der Waals surface area contributed by atoms with Gasteiger partial charge in [0.15, 0.2) is 0 Å². The lowest BCUT2D eigenvalue weighted by Crippen LogP contribution is -2.45. The average Bonchev–Trinajstić information content (AvgIpc) is 3.18. The number of para-hydroxylation sites is 1. The minimum absolute atomic E-state index is 0.0112. The van der Waals surface area contributed by atoms with Crippen molar-refractivity contribution in [3.05, 3.63) is 59.9 Å². The highest BCUT2D eigenvalue weighted by Gasteiger charge is 2.35. The number of benzene rings is 1. The first-order chi connectivity index (χ1) is 13.1. The van der Waals surface area contributed by atoms with Gasteiger partial charge in [0.2, 0.25) is 5.91 Å². The smallest absolute Gasteiger partial charge is 0.241 e. The van der Waals surface area contributed by atoms with Gasteiger partial charge in [0.25, 0.3) is 0 Å². The van der Waals surface area contributed by atoms with Crippen molar-refractivity contribution in [1.29, 1.82) is 0 Å². The molecular formula is C21H28N4O2. The molecule has 144 valence electrons. The molecule has 1 aromatic carbocycles. The fourth-order valence-corrected chi connectivity index (χ4v) is 3.66. The van der Waals surface area contributed by atoms with Gasteiger partial charge in [0, 0.05) is 25.0 Å². The van der Waals surface area contributed by atoms with Crippen molar-refractivity contribution in [1.82, 2.24) is 20.7 Å². The lowest BCUT2D eigenvalue weighted by atomic mass is 9.98. The summed E-state index contributed by atoms with van der Waals surface area (Å²) in [6.45, 7) is 2.15. The standard InChI is InChI=1S/C21H28N4O2/c1-3-4-10-19(15-8-7-12-22-14-15)25(2)21(27)18-13-17(23-24-18)16-9-5-6-11-20(16)26/h5-9,11-12,14,17-19,23-24,26H,3-4,10,13H2,1-2H3. The number of likely N-dealkylation sites (N-methyl/N-ethyl adjacent to an activating group) is 1. The molecule has 0 aliphatic carbocycles. The quantitative estimate of drug-likeness (QED) is 0.700. The van der Waals surface area contributed by atoms with Crippen LogP contribution in [0.1, 0.15) is 55.8 Å². The van der Waals surface area contributed by atoms with Crippen LogP contribution in [0, 0.1) is 0 Å². The number of carbonyl (C=O) groups excluding carboxylic acids is 1. The summed E-state index contributed by atoms with van der Waals surface area (Å²) in [4.78, 5) is 19.2. The highest BCUT2D eigenvalue weighted by atomic mass is 16.3. The maximum Gasteiger partial charge on any atom is 0.241 e. The predicted octanol–water partition coefficient (Wildman–Crippen LogP) is 3.08. The molecule has 2 heterocycles. The van der Waals surface area contributed by atoms with Crippen LogP contribution in [-0.4, -0.2) is 34.0 Å². The second-order valence-electron chi connectivity index (χ2n) is 7.08. The van der Waals surface area contributed by atoms with E-state index in [4.69, 9.17) is 0 Å².